The summed E-state index contributed by atoms with van der Waals surface area (Å²) in [4.78, 5) is 13.3. The average Bonchev–Trinajstić information content (AvgIpc) is 2.86. The number of carbonyl (C=O) groups is 1. The normalized spacial score (nSPS) is 15.0. The first-order valence-electron chi connectivity index (χ1n) is 10.8. The first-order valence-corrected chi connectivity index (χ1v) is 12.7. The van der Waals surface area contributed by atoms with Gasteiger partial charge in [0.2, 0.25) is 15.9 Å². The number of para-hydroxylation sites is 2. The fourth-order valence-electron chi connectivity index (χ4n) is 3.85. The summed E-state index contributed by atoms with van der Waals surface area (Å²) < 4.78 is 38.5. The number of ether oxygens (including phenoxy) is 2. The SMILES string of the molecule is COc1ccccc1Oc1ccc(Cl)cc1NC(=O)C1CCN(S(=O)(=O)c2ccccc2)CC1. The molecule has 0 bridgehead atoms. The molecule has 0 aliphatic carbocycles. The molecule has 1 fully saturated rings. The van der Waals surface area contributed by atoms with Crippen molar-refractivity contribution in [1.29, 1.82) is 0 Å². The van der Waals surface area contributed by atoms with Gasteiger partial charge in [-0.15, -0.1) is 0 Å². The molecule has 7 nitrogen and oxygen atoms in total. The molecule has 0 aromatic heterocycles. The lowest BCUT2D eigenvalue weighted by atomic mass is 9.97. The third kappa shape index (κ3) is 5.35. The van der Waals surface area contributed by atoms with Crippen molar-refractivity contribution in [3.8, 4) is 17.2 Å². The second kappa shape index (κ2) is 10.5. The number of nitrogens with one attached hydrogen (secondary N) is 1. The highest BCUT2D eigenvalue weighted by atomic mass is 35.5. The molecule has 0 unspecified atom stereocenters. The van der Waals surface area contributed by atoms with Gasteiger partial charge in [-0.1, -0.05) is 41.9 Å². The maximum absolute atomic E-state index is 13.0. The molecule has 0 radical (unpaired) electrons. The molecule has 4 rings (SSSR count). The van der Waals surface area contributed by atoms with Gasteiger partial charge in [-0.05, 0) is 55.3 Å². The predicted molar refractivity (Wildman–Crippen MR) is 131 cm³/mol. The van der Waals surface area contributed by atoms with Crippen molar-refractivity contribution in [1.82, 2.24) is 4.31 Å². The maximum Gasteiger partial charge on any atom is 0.243 e. The van der Waals surface area contributed by atoms with Crippen molar-refractivity contribution in [2.45, 2.75) is 17.7 Å². The summed E-state index contributed by atoms with van der Waals surface area (Å²) in [6.45, 7) is 0.546. The number of methoxy groups -OCH3 is 1. The number of halogens is 1. The molecule has 1 aliphatic heterocycles. The maximum atomic E-state index is 13.0. The Kier molecular flexibility index (Phi) is 7.41. The van der Waals surface area contributed by atoms with Gasteiger partial charge in [-0.3, -0.25) is 4.79 Å². The van der Waals surface area contributed by atoms with E-state index in [0.29, 0.717) is 40.8 Å². The number of anilines is 1. The van der Waals surface area contributed by atoms with Crippen LogP contribution in [-0.2, 0) is 14.8 Å². The molecule has 34 heavy (non-hydrogen) atoms. The minimum atomic E-state index is -3.57. The lowest BCUT2D eigenvalue weighted by Crippen LogP contribution is -2.41. The Balaban J connectivity index is 1.44. The highest BCUT2D eigenvalue weighted by molar-refractivity contribution is 7.89. The fraction of sp³-hybridized carbons (Fsp3) is 0.240. The van der Waals surface area contributed by atoms with E-state index < -0.39 is 10.0 Å². The summed E-state index contributed by atoms with van der Waals surface area (Å²) in [6, 6.07) is 20.5. The number of nitrogens with zero attached hydrogens (tertiary/aromatic N) is 1. The van der Waals surface area contributed by atoms with E-state index in [2.05, 4.69) is 5.32 Å². The van der Waals surface area contributed by atoms with E-state index >= 15 is 0 Å². The fourth-order valence-corrected chi connectivity index (χ4v) is 5.51. The zero-order chi connectivity index (χ0) is 24.1. The first-order chi connectivity index (χ1) is 16.4. The Labute approximate surface area is 204 Å². The number of hydrogen-bond donors (Lipinski definition) is 1. The van der Waals surface area contributed by atoms with Crippen LogP contribution in [0.3, 0.4) is 0 Å². The van der Waals surface area contributed by atoms with Crippen molar-refractivity contribution in [2.75, 3.05) is 25.5 Å². The van der Waals surface area contributed by atoms with Gasteiger partial charge in [0.25, 0.3) is 0 Å². The van der Waals surface area contributed by atoms with E-state index in [1.54, 1.807) is 67.8 Å². The molecule has 0 atom stereocenters. The summed E-state index contributed by atoms with van der Waals surface area (Å²) in [5.41, 5.74) is 0.433. The van der Waals surface area contributed by atoms with E-state index in [9.17, 15) is 13.2 Å². The van der Waals surface area contributed by atoms with Gasteiger partial charge in [0.15, 0.2) is 17.2 Å². The predicted octanol–water partition coefficient (Wildman–Crippen LogP) is 5.18. The lowest BCUT2D eigenvalue weighted by Gasteiger charge is -2.30. The van der Waals surface area contributed by atoms with Crippen LogP contribution in [-0.4, -0.2) is 38.8 Å². The summed E-state index contributed by atoms with van der Waals surface area (Å²) in [5.74, 6) is 0.944. The molecule has 1 N–H and O–H groups in total. The number of hydrogen-bond acceptors (Lipinski definition) is 5. The molecular weight excluding hydrogens is 476 g/mol. The van der Waals surface area contributed by atoms with Crippen LogP contribution < -0.4 is 14.8 Å². The van der Waals surface area contributed by atoms with Crippen molar-refractivity contribution < 1.29 is 22.7 Å². The second-order valence-corrected chi connectivity index (χ2v) is 10.2. The highest BCUT2D eigenvalue weighted by Gasteiger charge is 2.32. The molecule has 1 aliphatic rings. The topological polar surface area (TPSA) is 84.9 Å². The molecule has 178 valence electrons. The Morgan fingerprint density at radius 2 is 1.59 bits per heavy atom. The number of rotatable bonds is 7. The summed E-state index contributed by atoms with van der Waals surface area (Å²) in [6.07, 6.45) is 0.836. The second-order valence-electron chi connectivity index (χ2n) is 7.87. The summed E-state index contributed by atoms with van der Waals surface area (Å²) >= 11 is 6.17. The van der Waals surface area contributed by atoms with Gasteiger partial charge < -0.3 is 14.8 Å². The van der Waals surface area contributed by atoms with Crippen LogP contribution in [0.4, 0.5) is 5.69 Å². The van der Waals surface area contributed by atoms with E-state index in [-0.39, 0.29) is 29.8 Å². The zero-order valence-corrected chi connectivity index (χ0v) is 20.2. The average molecular weight is 501 g/mol. The van der Waals surface area contributed by atoms with Crippen LogP contribution in [0, 0.1) is 5.92 Å². The van der Waals surface area contributed by atoms with Crippen LogP contribution in [0.5, 0.6) is 17.2 Å². The monoisotopic (exact) mass is 500 g/mol. The molecule has 0 saturated carbocycles. The molecule has 1 amide bonds. The van der Waals surface area contributed by atoms with E-state index in [0.717, 1.165) is 0 Å². The molecule has 9 heteroatoms. The number of benzene rings is 3. The van der Waals surface area contributed by atoms with Crippen LogP contribution in [0.15, 0.2) is 77.7 Å². The molecule has 1 heterocycles. The Bertz CT molecular complexity index is 1260. The van der Waals surface area contributed by atoms with Crippen LogP contribution in [0.25, 0.3) is 0 Å². The highest BCUT2D eigenvalue weighted by Crippen LogP contribution is 2.37. The Morgan fingerprint density at radius 1 is 0.941 bits per heavy atom. The van der Waals surface area contributed by atoms with Gasteiger partial charge in [0, 0.05) is 24.0 Å². The molecule has 1 saturated heterocycles. The number of carbonyl (C=O) groups excluding carboxylic acids is 1. The van der Waals surface area contributed by atoms with Crippen molar-refractivity contribution in [3.63, 3.8) is 0 Å². The van der Waals surface area contributed by atoms with Gasteiger partial charge >= 0.3 is 0 Å². The van der Waals surface area contributed by atoms with Gasteiger partial charge in [0.1, 0.15) is 0 Å². The quantitative estimate of drug-likeness (QED) is 0.483. The van der Waals surface area contributed by atoms with Crippen molar-refractivity contribution >= 4 is 33.2 Å². The molecular formula is C25H25ClN2O5S. The van der Waals surface area contributed by atoms with Gasteiger partial charge in [-0.25, -0.2) is 8.42 Å². The lowest BCUT2D eigenvalue weighted by molar-refractivity contribution is -0.120. The van der Waals surface area contributed by atoms with Crippen LogP contribution in [0.2, 0.25) is 5.02 Å². The Hall–Kier alpha value is -3.07. The smallest absolute Gasteiger partial charge is 0.243 e. The van der Waals surface area contributed by atoms with Crippen molar-refractivity contribution in [3.05, 3.63) is 77.8 Å². The number of sulfonamides is 1. The number of amides is 1. The van der Waals surface area contributed by atoms with E-state index in [1.165, 1.54) is 4.31 Å². The van der Waals surface area contributed by atoms with E-state index in [1.807, 2.05) is 12.1 Å². The molecule has 0 spiro atoms. The van der Waals surface area contributed by atoms with E-state index in [4.69, 9.17) is 21.1 Å². The largest absolute Gasteiger partial charge is 0.493 e. The van der Waals surface area contributed by atoms with Gasteiger partial charge in [-0.2, -0.15) is 4.31 Å². The number of piperidine rings is 1. The summed E-state index contributed by atoms with van der Waals surface area (Å²) in [7, 11) is -2.02. The third-order valence-corrected chi connectivity index (χ3v) is 7.84. The minimum absolute atomic E-state index is 0.205. The zero-order valence-electron chi connectivity index (χ0n) is 18.6. The third-order valence-electron chi connectivity index (χ3n) is 5.69. The van der Waals surface area contributed by atoms with Crippen molar-refractivity contribution in [2.24, 2.45) is 5.92 Å². The Morgan fingerprint density at radius 3 is 2.26 bits per heavy atom. The molecule has 3 aromatic carbocycles. The minimum Gasteiger partial charge on any atom is -0.493 e. The molecule has 3 aromatic rings. The first kappa shape index (κ1) is 24.1. The summed E-state index contributed by atoms with van der Waals surface area (Å²) in [5, 5.41) is 3.36. The standard InChI is InChI=1S/C25H25ClN2O5S/c1-32-23-9-5-6-10-24(23)33-22-12-11-19(26)17-21(22)27-25(29)18-13-15-28(16-14-18)34(30,31)20-7-3-2-4-8-20/h2-12,17-18H,13-16H2,1H3,(H,27,29). The van der Waals surface area contributed by atoms with Crippen LogP contribution >= 0.6 is 11.6 Å². The van der Waals surface area contributed by atoms with Crippen LogP contribution in [0.1, 0.15) is 12.8 Å². The van der Waals surface area contributed by atoms with Gasteiger partial charge in [0.05, 0.1) is 17.7 Å².